The largest absolute Gasteiger partial charge is 0.466 e. The van der Waals surface area contributed by atoms with Gasteiger partial charge in [0.15, 0.2) is 0 Å². The van der Waals surface area contributed by atoms with Crippen LogP contribution in [0.1, 0.15) is 111 Å². The molecule has 5 nitrogen and oxygen atoms in total. The van der Waals surface area contributed by atoms with Gasteiger partial charge in [0, 0.05) is 0 Å². The van der Waals surface area contributed by atoms with Gasteiger partial charge in [-0.1, -0.05) is 50.7 Å². The molecule has 0 aromatic heterocycles. The van der Waals surface area contributed by atoms with E-state index >= 15 is 0 Å². The van der Waals surface area contributed by atoms with Crippen LogP contribution in [0, 0.1) is 0 Å². The fourth-order valence-electron chi connectivity index (χ4n) is 5.63. The van der Waals surface area contributed by atoms with Crippen LogP contribution in [-0.2, 0) is 19.6 Å². The zero-order chi connectivity index (χ0) is 20.4. The lowest BCUT2D eigenvalue weighted by atomic mass is 9.77. The third-order valence-electron chi connectivity index (χ3n) is 7.13. The average Bonchev–Trinajstić information content (AvgIpc) is 2.73. The van der Waals surface area contributed by atoms with E-state index in [0.29, 0.717) is 13.0 Å². The zero-order valence-electron chi connectivity index (χ0n) is 17.1. The third kappa shape index (κ3) is 4.69. The molecule has 6 heteroatoms. The summed E-state index contributed by atoms with van der Waals surface area (Å²) in [6, 6.07) is 3.99. The van der Waals surface area contributed by atoms with E-state index < -0.39 is 10.1 Å². The van der Waals surface area contributed by atoms with E-state index in [0.717, 1.165) is 74.5 Å². The SMILES string of the molecule is O=C1CC(c2cc(C3CCCCC3)c(S(=O)(=O)O)c(C3CCCCC3)c2)CCO1. The quantitative estimate of drug-likeness (QED) is 0.517. The fraction of sp³-hybridized carbons (Fsp3) is 0.696. The summed E-state index contributed by atoms with van der Waals surface area (Å²) in [5.74, 6) is 0.215. The molecule has 1 heterocycles. The summed E-state index contributed by atoms with van der Waals surface area (Å²) in [4.78, 5) is 12.1. The summed E-state index contributed by atoms with van der Waals surface area (Å²) in [5.41, 5.74) is 2.64. The van der Waals surface area contributed by atoms with Crippen LogP contribution in [0.2, 0.25) is 0 Å². The summed E-state index contributed by atoms with van der Waals surface area (Å²) < 4.78 is 40.5. The first kappa shape index (κ1) is 20.9. The first-order valence-corrected chi connectivity index (χ1v) is 12.7. The summed E-state index contributed by atoms with van der Waals surface area (Å²) in [5, 5.41) is 0. The Labute approximate surface area is 174 Å². The van der Waals surface area contributed by atoms with Crippen LogP contribution < -0.4 is 0 Å². The predicted molar refractivity (Wildman–Crippen MR) is 111 cm³/mol. The van der Waals surface area contributed by atoms with Crippen LogP contribution in [-0.4, -0.2) is 25.5 Å². The van der Waals surface area contributed by atoms with Crippen molar-refractivity contribution in [3.63, 3.8) is 0 Å². The van der Waals surface area contributed by atoms with Crippen molar-refractivity contribution in [1.29, 1.82) is 0 Å². The van der Waals surface area contributed by atoms with Crippen LogP contribution in [0.5, 0.6) is 0 Å². The molecular weight excluding hydrogens is 388 g/mol. The Morgan fingerprint density at radius 1 is 0.793 bits per heavy atom. The van der Waals surface area contributed by atoms with Crippen molar-refractivity contribution in [2.75, 3.05) is 6.61 Å². The van der Waals surface area contributed by atoms with Gasteiger partial charge in [0.25, 0.3) is 10.1 Å². The Balaban J connectivity index is 1.85. The summed E-state index contributed by atoms with van der Waals surface area (Å²) in [6.45, 7) is 0.418. The molecule has 1 N–H and O–H groups in total. The molecule has 1 atom stereocenters. The maximum absolute atomic E-state index is 12.6. The number of hydrogen-bond donors (Lipinski definition) is 1. The predicted octanol–water partition coefficient (Wildman–Crippen LogP) is 5.45. The molecule has 1 saturated heterocycles. The molecule has 3 aliphatic rings. The number of rotatable bonds is 4. The maximum Gasteiger partial charge on any atom is 0.306 e. The highest BCUT2D eigenvalue weighted by atomic mass is 32.2. The lowest BCUT2D eigenvalue weighted by Crippen LogP contribution is -2.22. The van der Waals surface area contributed by atoms with Gasteiger partial charge >= 0.3 is 5.97 Å². The average molecular weight is 421 g/mol. The van der Waals surface area contributed by atoms with Crippen molar-refractivity contribution in [1.82, 2.24) is 0 Å². The highest BCUT2D eigenvalue weighted by Crippen LogP contribution is 2.44. The molecule has 0 spiro atoms. The molecule has 0 bridgehead atoms. The number of benzene rings is 1. The van der Waals surface area contributed by atoms with E-state index in [1.54, 1.807) is 0 Å². The molecule has 1 aromatic carbocycles. The number of hydrogen-bond acceptors (Lipinski definition) is 4. The van der Waals surface area contributed by atoms with E-state index in [4.69, 9.17) is 4.74 Å². The molecule has 2 aliphatic carbocycles. The Morgan fingerprint density at radius 3 is 1.76 bits per heavy atom. The van der Waals surface area contributed by atoms with Gasteiger partial charge in [-0.25, -0.2) is 0 Å². The minimum atomic E-state index is -4.31. The van der Waals surface area contributed by atoms with Gasteiger partial charge in [-0.15, -0.1) is 0 Å². The first-order valence-electron chi connectivity index (χ1n) is 11.2. The lowest BCUT2D eigenvalue weighted by Gasteiger charge is -2.31. The molecule has 2 saturated carbocycles. The summed E-state index contributed by atoms with van der Waals surface area (Å²) in [6.07, 6.45) is 11.7. The smallest absolute Gasteiger partial charge is 0.306 e. The van der Waals surface area contributed by atoms with Gasteiger partial charge in [-0.3, -0.25) is 9.35 Å². The second-order valence-electron chi connectivity index (χ2n) is 9.08. The van der Waals surface area contributed by atoms with Crippen LogP contribution >= 0.6 is 0 Å². The van der Waals surface area contributed by atoms with Crippen LogP contribution in [0.25, 0.3) is 0 Å². The molecule has 1 aromatic rings. The minimum Gasteiger partial charge on any atom is -0.466 e. The van der Waals surface area contributed by atoms with E-state index in [2.05, 4.69) is 0 Å². The molecule has 3 fully saturated rings. The van der Waals surface area contributed by atoms with Gasteiger partial charge in [-0.2, -0.15) is 8.42 Å². The number of ether oxygens (including phenoxy) is 1. The molecular formula is C23H32O5S. The molecule has 0 radical (unpaired) electrons. The van der Waals surface area contributed by atoms with Gasteiger partial charge in [0.1, 0.15) is 4.90 Å². The lowest BCUT2D eigenvalue weighted by molar-refractivity contribution is -0.147. The highest BCUT2D eigenvalue weighted by Gasteiger charge is 2.33. The maximum atomic E-state index is 12.6. The molecule has 160 valence electrons. The van der Waals surface area contributed by atoms with E-state index in [9.17, 15) is 17.8 Å². The molecule has 4 rings (SSSR count). The second kappa shape index (κ2) is 8.76. The third-order valence-corrected chi connectivity index (χ3v) is 8.12. The van der Waals surface area contributed by atoms with E-state index in [-0.39, 0.29) is 28.6 Å². The van der Waals surface area contributed by atoms with E-state index in [1.807, 2.05) is 12.1 Å². The van der Waals surface area contributed by atoms with Crippen molar-refractivity contribution in [2.24, 2.45) is 0 Å². The van der Waals surface area contributed by atoms with Crippen LogP contribution in [0.4, 0.5) is 0 Å². The van der Waals surface area contributed by atoms with Crippen molar-refractivity contribution < 1.29 is 22.5 Å². The van der Waals surface area contributed by atoms with Crippen molar-refractivity contribution in [3.8, 4) is 0 Å². The topological polar surface area (TPSA) is 80.7 Å². The van der Waals surface area contributed by atoms with Crippen molar-refractivity contribution >= 4 is 16.1 Å². The summed E-state index contributed by atoms with van der Waals surface area (Å²) in [7, 11) is -4.31. The highest BCUT2D eigenvalue weighted by molar-refractivity contribution is 7.86. The zero-order valence-corrected chi connectivity index (χ0v) is 17.9. The van der Waals surface area contributed by atoms with E-state index in [1.165, 1.54) is 12.8 Å². The van der Waals surface area contributed by atoms with Crippen LogP contribution in [0.3, 0.4) is 0 Å². The Hall–Kier alpha value is -1.40. The monoisotopic (exact) mass is 420 g/mol. The summed E-state index contributed by atoms with van der Waals surface area (Å²) >= 11 is 0. The molecule has 0 amide bonds. The van der Waals surface area contributed by atoms with Gasteiger partial charge < -0.3 is 4.74 Å². The number of esters is 1. The molecule has 29 heavy (non-hydrogen) atoms. The first-order chi connectivity index (χ1) is 13.9. The Morgan fingerprint density at radius 2 is 1.31 bits per heavy atom. The van der Waals surface area contributed by atoms with Crippen LogP contribution in [0.15, 0.2) is 17.0 Å². The van der Waals surface area contributed by atoms with Crippen molar-refractivity contribution in [2.45, 2.75) is 99.7 Å². The van der Waals surface area contributed by atoms with Crippen molar-refractivity contribution in [3.05, 3.63) is 28.8 Å². The fourth-order valence-corrected chi connectivity index (χ4v) is 6.67. The molecule has 1 aliphatic heterocycles. The molecule has 1 unspecified atom stereocenters. The van der Waals surface area contributed by atoms with Gasteiger partial charge in [0.05, 0.1) is 13.0 Å². The minimum absolute atomic E-state index is 0.0661. The van der Waals surface area contributed by atoms with Gasteiger partial charge in [-0.05, 0) is 66.5 Å². The number of carbonyl (C=O) groups excluding carboxylic acids is 1. The second-order valence-corrected chi connectivity index (χ2v) is 10.4. The normalized spacial score (nSPS) is 25.0. The standard InChI is InChI=1S/C23H32O5S/c24-22-15-18(11-12-28-22)19-13-20(16-7-3-1-4-8-16)23(29(25,26)27)21(14-19)17-9-5-2-6-10-17/h13-14,16-18H,1-12,15H2,(H,25,26,27). The van der Waals surface area contributed by atoms with Gasteiger partial charge in [0.2, 0.25) is 0 Å². The number of carbonyl (C=O) groups is 1. The Kier molecular flexibility index (Phi) is 6.30. The Bertz CT molecular complexity index is 809. The number of cyclic esters (lactones) is 1.